The number of nitrogens with zero attached hydrogens (tertiary/aromatic N) is 2. The summed E-state index contributed by atoms with van der Waals surface area (Å²) in [6.07, 6.45) is 4.51. The van der Waals surface area contributed by atoms with Gasteiger partial charge in [-0.1, -0.05) is 13.8 Å². The van der Waals surface area contributed by atoms with Crippen molar-refractivity contribution in [3.8, 4) is 0 Å². The summed E-state index contributed by atoms with van der Waals surface area (Å²) < 4.78 is 6.10. The molecule has 4 heteroatoms. The van der Waals surface area contributed by atoms with Crippen LogP contribution in [0, 0.1) is 11.8 Å². The first-order valence-electron chi connectivity index (χ1n) is 8.99. The van der Waals surface area contributed by atoms with Gasteiger partial charge in [-0.15, -0.1) is 0 Å². The van der Waals surface area contributed by atoms with Gasteiger partial charge in [0.15, 0.2) is 0 Å². The lowest BCUT2D eigenvalue weighted by molar-refractivity contribution is -0.0592. The summed E-state index contributed by atoms with van der Waals surface area (Å²) in [6, 6.07) is 0.729. The van der Waals surface area contributed by atoms with Crippen molar-refractivity contribution >= 4 is 0 Å². The zero-order chi connectivity index (χ0) is 14.7. The fourth-order valence-electron chi connectivity index (χ4n) is 4.11. The molecule has 122 valence electrons. The molecule has 0 radical (unpaired) electrons. The van der Waals surface area contributed by atoms with Gasteiger partial charge >= 0.3 is 0 Å². The summed E-state index contributed by atoms with van der Waals surface area (Å²) in [6.45, 7) is 14.0. The summed E-state index contributed by atoms with van der Waals surface area (Å²) in [4.78, 5) is 5.29. The van der Waals surface area contributed by atoms with Crippen LogP contribution in [-0.2, 0) is 4.74 Å². The van der Waals surface area contributed by atoms with Gasteiger partial charge in [-0.3, -0.25) is 4.90 Å². The maximum atomic E-state index is 6.10. The van der Waals surface area contributed by atoms with Crippen molar-refractivity contribution in [2.24, 2.45) is 11.8 Å². The van der Waals surface area contributed by atoms with E-state index in [1.54, 1.807) is 0 Å². The normalized spacial score (nSPS) is 34.7. The zero-order valence-corrected chi connectivity index (χ0v) is 13.9. The second kappa shape index (κ2) is 7.40. The van der Waals surface area contributed by atoms with Crippen molar-refractivity contribution in [2.75, 3.05) is 52.4 Å². The van der Waals surface area contributed by atoms with E-state index in [1.807, 2.05) is 0 Å². The molecule has 0 aromatic heterocycles. The first-order chi connectivity index (χ1) is 10.2. The van der Waals surface area contributed by atoms with Gasteiger partial charge in [0.05, 0.1) is 12.7 Å². The van der Waals surface area contributed by atoms with E-state index in [0.29, 0.717) is 6.10 Å². The van der Waals surface area contributed by atoms with E-state index < -0.39 is 0 Å². The lowest BCUT2D eigenvalue weighted by Gasteiger charge is -2.36. The average Bonchev–Trinajstić information content (AvgIpc) is 3.07. The fraction of sp³-hybridized carbons (Fsp3) is 1.00. The number of morpholine rings is 1. The predicted octanol–water partition coefficient (Wildman–Crippen LogP) is 1.42. The Morgan fingerprint density at radius 2 is 2.10 bits per heavy atom. The Labute approximate surface area is 130 Å². The second-order valence-corrected chi connectivity index (χ2v) is 7.71. The monoisotopic (exact) mass is 295 g/mol. The highest BCUT2D eigenvalue weighted by Gasteiger charge is 2.34. The Bertz CT molecular complexity index is 323. The van der Waals surface area contributed by atoms with Crippen molar-refractivity contribution in [2.45, 2.75) is 45.3 Å². The van der Waals surface area contributed by atoms with Gasteiger partial charge in [0.2, 0.25) is 0 Å². The topological polar surface area (TPSA) is 27.7 Å². The number of ether oxygens (including phenoxy) is 1. The zero-order valence-electron chi connectivity index (χ0n) is 13.9. The molecule has 0 aliphatic carbocycles. The van der Waals surface area contributed by atoms with Gasteiger partial charge in [0.25, 0.3) is 0 Å². The van der Waals surface area contributed by atoms with Crippen molar-refractivity contribution in [3.63, 3.8) is 0 Å². The molecule has 3 saturated heterocycles. The van der Waals surface area contributed by atoms with Crippen LogP contribution in [0.5, 0.6) is 0 Å². The van der Waals surface area contributed by atoms with Crippen molar-refractivity contribution < 1.29 is 4.74 Å². The largest absolute Gasteiger partial charge is 0.374 e. The molecule has 0 aromatic carbocycles. The Morgan fingerprint density at radius 1 is 1.19 bits per heavy atom. The highest BCUT2D eigenvalue weighted by atomic mass is 16.5. The molecular formula is C17H33N3O. The third kappa shape index (κ3) is 4.41. The first kappa shape index (κ1) is 15.7. The van der Waals surface area contributed by atoms with Crippen molar-refractivity contribution in [3.05, 3.63) is 0 Å². The van der Waals surface area contributed by atoms with Gasteiger partial charge in [0, 0.05) is 25.7 Å². The molecule has 0 amide bonds. The van der Waals surface area contributed by atoms with E-state index in [-0.39, 0.29) is 0 Å². The average molecular weight is 295 g/mol. The minimum absolute atomic E-state index is 0.446. The number of hydrogen-bond donors (Lipinski definition) is 1. The van der Waals surface area contributed by atoms with E-state index in [9.17, 15) is 0 Å². The molecule has 3 atom stereocenters. The minimum atomic E-state index is 0.446. The summed E-state index contributed by atoms with van der Waals surface area (Å²) in [5, 5.41) is 3.62. The number of hydrogen-bond acceptors (Lipinski definition) is 4. The molecule has 0 saturated carbocycles. The minimum Gasteiger partial charge on any atom is -0.374 e. The highest BCUT2D eigenvalue weighted by molar-refractivity contribution is 4.87. The highest BCUT2D eigenvalue weighted by Crippen LogP contribution is 2.24. The van der Waals surface area contributed by atoms with Crippen LogP contribution in [0.2, 0.25) is 0 Å². The summed E-state index contributed by atoms with van der Waals surface area (Å²) in [5.74, 6) is 1.60. The Morgan fingerprint density at radius 3 is 2.95 bits per heavy atom. The molecule has 3 fully saturated rings. The molecule has 3 rings (SSSR count). The smallest absolute Gasteiger partial charge is 0.0829 e. The molecule has 3 aliphatic rings. The van der Waals surface area contributed by atoms with Gasteiger partial charge in [-0.2, -0.15) is 0 Å². The number of fused-ring (bicyclic) bond motifs is 1. The van der Waals surface area contributed by atoms with Crippen LogP contribution in [0.15, 0.2) is 0 Å². The standard InChI is InChI=1S/C17H33N3O/c1-14(2)8-18-9-15-5-7-19(10-15)11-17-12-20-6-3-4-16(20)13-21-17/h14-18H,3-13H2,1-2H3. The lowest BCUT2D eigenvalue weighted by Crippen LogP contribution is -2.49. The molecule has 0 bridgehead atoms. The summed E-state index contributed by atoms with van der Waals surface area (Å²) >= 11 is 0. The van der Waals surface area contributed by atoms with Crippen LogP contribution in [0.3, 0.4) is 0 Å². The molecular weight excluding hydrogens is 262 g/mol. The van der Waals surface area contributed by atoms with Crippen LogP contribution in [0.25, 0.3) is 0 Å². The molecule has 1 N–H and O–H groups in total. The number of rotatable bonds is 6. The van der Waals surface area contributed by atoms with Gasteiger partial charge < -0.3 is 15.0 Å². The number of likely N-dealkylation sites (tertiary alicyclic amines) is 1. The van der Waals surface area contributed by atoms with E-state index in [0.717, 1.165) is 44.1 Å². The maximum absolute atomic E-state index is 6.10. The van der Waals surface area contributed by atoms with Crippen LogP contribution in [0.1, 0.15) is 33.1 Å². The molecule has 3 heterocycles. The lowest BCUT2D eigenvalue weighted by atomic mass is 10.1. The Balaban J connectivity index is 1.35. The van der Waals surface area contributed by atoms with E-state index in [4.69, 9.17) is 4.74 Å². The fourth-order valence-corrected chi connectivity index (χ4v) is 4.11. The van der Waals surface area contributed by atoms with Crippen LogP contribution in [0.4, 0.5) is 0 Å². The SMILES string of the molecule is CC(C)CNCC1CCN(CC2CN3CCCC3CO2)C1. The van der Waals surface area contributed by atoms with E-state index in [2.05, 4.69) is 29.0 Å². The van der Waals surface area contributed by atoms with Gasteiger partial charge in [-0.05, 0) is 57.3 Å². The van der Waals surface area contributed by atoms with Crippen molar-refractivity contribution in [1.29, 1.82) is 0 Å². The summed E-state index contributed by atoms with van der Waals surface area (Å²) in [7, 11) is 0. The van der Waals surface area contributed by atoms with Crippen LogP contribution < -0.4 is 5.32 Å². The maximum Gasteiger partial charge on any atom is 0.0829 e. The molecule has 21 heavy (non-hydrogen) atoms. The molecule has 3 aliphatic heterocycles. The third-order valence-corrected chi connectivity index (χ3v) is 5.28. The quantitative estimate of drug-likeness (QED) is 0.802. The van der Waals surface area contributed by atoms with E-state index >= 15 is 0 Å². The Kier molecular flexibility index (Phi) is 5.54. The first-order valence-corrected chi connectivity index (χ1v) is 8.99. The van der Waals surface area contributed by atoms with Gasteiger partial charge in [-0.25, -0.2) is 0 Å². The molecule has 4 nitrogen and oxygen atoms in total. The van der Waals surface area contributed by atoms with E-state index in [1.165, 1.54) is 45.4 Å². The molecule has 3 unspecified atom stereocenters. The second-order valence-electron chi connectivity index (χ2n) is 7.71. The molecule has 0 spiro atoms. The van der Waals surface area contributed by atoms with Crippen LogP contribution in [-0.4, -0.2) is 74.4 Å². The summed E-state index contributed by atoms with van der Waals surface area (Å²) in [5.41, 5.74) is 0. The van der Waals surface area contributed by atoms with Gasteiger partial charge in [0.1, 0.15) is 0 Å². The van der Waals surface area contributed by atoms with Crippen LogP contribution >= 0.6 is 0 Å². The van der Waals surface area contributed by atoms with Crippen molar-refractivity contribution in [1.82, 2.24) is 15.1 Å². The predicted molar refractivity (Wildman–Crippen MR) is 86.6 cm³/mol. The Hall–Kier alpha value is -0.160. The number of nitrogens with one attached hydrogen (secondary N) is 1. The third-order valence-electron chi connectivity index (χ3n) is 5.28. The molecule has 0 aromatic rings.